The maximum atomic E-state index is 13.1. The number of nitrogens with zero attached hydrogens (tertiary/aromatic N) is 2. The Balaban J connectivity index is 1.46. The molecule has 1 aliphatic heterocycles. The molecule has 1 saturated heterocycles. The van der Waals surface area contributed by atoms with E-state index < -0.39 is 15.8 Å². The minimum atomic E-state index is -3.61. The van der Waals surface area contributed by atoms with Crippen LogP contribution in [0.5, 0.6) is 0 Å². The quantitative estimate of drug-likeness (QED) is 0.694. The van der Waals surface area contributed by atoms with E-state index in [1.54, 1.807) is 0 Å². The lowest BCUT2D eigenvalue weighted by molar-refractivity contribution is -0.122. The molecule has 0 bridgehead atoms. The highest BCUT2D eigenvalue weighted by atomic mass is 32.2. The molecule has 0 saturated carbocycles. The Morgan fingerprint density at radius 1 is 1.03 bits per heavy atom. The minimum Gasteiger partial charge on any atom is -0.354 e. The smallest absolute Gasteiger partial charge is 0.243 e. The largest absolute Gasteiger partial charge is 0.354 e. The van der Waals surface area contributed by atoms with Crippen molar-refractivity contribution in [1.29, 1.82) is 0 Å². The first-order chi connectivity index (χ1) is 14.4. The lowest BCUT2D eigenvalue weighted by atomic mass is 9.96. The van der Waals surface area contributed by atoms with Gasteiger partial charge in [-0.15, -0.1) is 0 Å². The Labute approximate surface area is 177 Å². The van der Waals surface area contributed by atoms with Gasteiger partial charge < -0.3 is 5.32 Å². The number of carbonyl (C=O) groups is 1. The van der Waals surface area contributed by atoms with E-state index >= 15 is 0 Å². The number of hydrogen-bond donors (Lipinski definition) is 1. The van der Waals surface area contributed by atoms with Crippen LogP contribution in [0.3, 0.4) is 0 Å². The van der Waals surface area contributed by atoms with E-state index in [0.29, 0.717) is 39.3 Å². The molecule has 1 N–H and O–H groups in total. The highest BCUT2D eigenvalue weighted by Gasteiger charge is 2.28. The predicted octanol–water partition coefficient (Wildman–Crippen LogP) is 2.44. The molecule has 0 aromatic heterocycles. The van der Waals surface area contributed by atoms with Crippen LogP contribution in [-0.4, -0.2) is 62.8 Å². The van der Waals surface area contributed by atoms with Crippen LogP contribution < -0.4 is 5.32 Å². The number of piperazine rings is 1. The van der Waals surface area contributed by atoms with E-state index in [0.717, 1.165) is 24.1 Å². The van der Waals surface area contributed by atoms with Crippen LogP contribution in [0.2, 0.25) is 0 Å². The van der Waals surface area contributed by atoms with Crippen LogP contribution in [0.25, 0.3) is 0 Å². The fourth-order valence-corrected chi connectivity index (χ4v) is 5.09. The first kappa shape index (κ1) is 22.4. The summed E-state index contributed by atoms with van der Waals surface area (Å²) in [5, 5.41) is 3.00. The molecule has 0 spiro atoms. The van der Waals surface area contributed by atoms with E-state index in [4.69, 9.17) is 0 Å². The standard InChI is InChI=1S/C22H28FN3O3S/c1-2-21(18-6-4-3-5-7-18)22(27)24-12-13-25-14-16-26(17-15-25)30(28,29)20-10-8-19(23)9-11-20/h3-11,21H,2,12-17H2,1H3,(H,24,27). The second-order valence-electron chi connectivity index (χ2n) is 7.36. The van der Waals surface area contributed by atoms with Crippen molar-refractivity contribution in [2.75, 3.05) is 39.3 Å². The first-order valence-corrected chi connectivity index (χ1v) is 11.7. The van der Waals surface area contributed by atoms with Gasteiger partial charge in [-0.25, -0.2) is 12.8 Å². The van der Waals surface area contributed by atoms with Crippen LogP contribution in [-0.2, 0) is 14.8 Å². The molecular formula is C22H28FN3O3S. The van der Waals surface area contributed by atoms with Gasteiger partial charge in [0, 0.05) is 39.3 Å². The Kier molecular flexibility index (Phi) is 7.58. The Bertz CT molecular complexity index is 928. The van der Waals surface area contributed by atoms with Crippen molar-refractivity contribution in [2.24, 2.45) is 0 Å². The summed E-state index contributed by atoms with van der Waals surface area (Å²) in [6.45, 7) is 5.11. The summed E-state index contributed by atoms with van der Waals surface area (Å²) in [5.41, 5.74) is 1.01. The van der Waals surface area contributed by atoms with Crippen molar-refractivity contribution in [2.45, 2.75) is 24.2 Å². The summed E-state index contributed by atoms with van der Waals surface area (Å²) < 4.78 is 39.9. The third-order valence-electron chi connectivity index (χ3n) is 5.44. The van der Waals surface area contributed by atoms with Crippen molar-refractivity contribution in [3.8, 4) is 0 Å². The maximum absolute atomic E-state index is 13.1. The molecule has 1 atom stereocenters. The molecule has 3 rings (SSSR count). The van der Waals surface area contributed by atoms with Crippen LogP contribution in [0.1, 0.15) is 24.8 Å². The summed E-state index contributed by atoms with van der Waals surface area (Å²) in [4.78, 5) is 14.8. The molecule has 2 aromatic carbocycles. The van der Waals surface area contributed by atoms with Gasteiger partial charge in [0.15, 0.2) is 0 Å². The van der Waals surface area contributed by atoms with Gasteiger partial charge >= 0.3 is 0 Å². The van der Waals surface area contributed by atoms with Gasteiger partial charge in [-0.1, -0.05) is 37.3 Å². The van der Waals surface area contributed by atoms with Gasteiger partial charge in [-0.3, -0.25) is 9.69 Å². The maximum Gasteiger partial charge on any atom is 0.243 e. The van der Waals surface area contributed by atoms with E-state index in [2.05, 4.69) is 10.2 Å². The zero-order valence-corrected chi connectivity index (χ0v) is 17.9. The van der Waals surface area contributed by atoms with Gasteiger partial charge in [0.05, 0.1) is 10.8 Å². The van der Waals surface area contributed by atoms with E-state index in [1.165, 1.54) is 16.4 Å². The average molecular weight is 434 g/mol. The molecule has 0 aliphatic carbocycles. The molecule has 1 unspecified atom stereocenters. The minimum absolute atomic E-state index is 0.0150. The summed E-state index contributed by atoms with van der Waals surface area (Å²) in [6.07, 6.45) is 0.732. The first-order valence-electron chi connectivity index (χ1n) is 10.2. The van der Waals surface area contributed by atoms with Gasteiger partial charge in [0.25, 0.3) is 0 Å². The average Bonchev–Trinajstić information content (AvgIpc) is 2.76. The number of halogens is 1. The molecular weight excluding hydrogens is 405 g/mol. The zero-order chi connectivity index (χ0) is 21.6. The van der Waals surface area contributed by atoms with Crippen molar-refractivity contribution >= 4 is 15.9 Å². The summed E-state index contributed by atoms with van der Waals surface area (Å²) in [7, 11) is -3.61. The number of carbonyl (C=O) groups excluding carboxylic acids is 1. The summed E-state index contributed by atoms with van der Waals surface area (Å²) in [5.74, 6) is -0.608. The third kappa shape index (κ3) is 5.44. The van der Waals surface area contributed by atoms with Crippen molar-refractivity contribution < 1.29 is 17.6 Å². The summed E-state index contributed by atoms with van der Waals surface area (Å²) >= 11 is 0. The number of hydrogen-bond acceptors (Lipinski definition) is 4. The van der Waals surface area contributed by atoms with Crippen molar-refractivity contribution in [3.63, 3.8) is 0 Å². The normalized spacial score (nSPS) is 16.9. The highest BCUT2D eigenvalue weighted by molar-refractivity contribution is 7.89. The molecule has 1 amide bonds. The number of nitrogens with one attached hydrogen (secondary N) is 1. The van der Waals surface area contributed by atoms with Gasteiger partial charge in [-0.2, -0.15) is 4.31 Å². The van der Waals surface area contributed by atoms with Crippen LogP contribution >= 0.6 is 0 Å². The fraction of sp³-hybridized carbons (Fsp3) is 0.409. The topological polar surface area (TPSA) is 69.7 Å². The van der Waals surface area contributed by atoms with Gasteiger partial charge in [0.2, 0.25) is 15.9 Å². The lowest BCUT2D eigenvalue weighted by Gasteiger charge is -2.34. The van der Waals surface area contributed by atoms with Crippen LogP contribution in [0, 0.1) is 5.82 Å². The number of rotatable bonds is 8. The van der Waals surface area contributed by atoms with E-state index in [9.17, 15) is 17.6 Å². The number of amides is 1. The van der Waals surface area contributed by atoms with Gasteiger partial charge in [-0.05, 0) is 36.2 Å². The molecule has 1 aliphatic rings. The molecule has 0 radical (unpaired) electrons. The van der Waals surface area contributed by atoms with Crippen molar-refractivity contribution in [1.82, 2.24) is 14.5 Å². The van der Waals surface area contributed by atoms with Crippen LogP contribution in [0.15, 0.2) is 59.5 Å². The Hall–Kier alpha value is -2.29. The molecule has 6 nitrogen and oxygen atoms in total. The lowest BCUT2D eigenvalue weighted by Crippen LogP contribution is -2.50. The molecule has 2 aromatic rings. The Morgan fingerprint density at radius 2 is 1.67 bits per heavy atom. The van der Waals surface area contributed by atoms with Crippen molar-refractivity contribution in [3.05, 3.63) is 66.0 Å². The van der Waals surface area contributed by atoms with Crippen LogP contribution in [0.4, 0.5) is 4.39 Å². The molecule has 162 valence electrons. The Morgan fingerprint density at radius 3 is 2.27 bits per heavy atom. The number of benzene rings is 2. The molecule has 1 fully saturated rings. The fourth-order valence-electron chi connectivity index (χ4n) is 3.67. The van der Waals surface area contributed by atoms with Gasteiger partial charge in [0.1, 0.15) is 5.82 Å². The predicted molar refractivity (Wildman–Crippen MR) is 114 cm³/mol. The monoisotopic (exact) mass is 433 g/mol. The third-order valence-corrected chi connectivity index (χ3v) is 7.35. The zero-order valence-electron chi connectivity index (χ0n) is 17.1. The second-order valence-corrected chi connectivity index (χ2v) is 9.30. The molecule has 1 heterocycles. The molecule has 8 heteroatoms. The highest BCUT2D eigenvalue weighted by Crippen LogP contribution is 2.20. The SMILES string of the molecule is CCC(C(=O)NCCN1CCN(S(=O)(=O)c2ccc(F)cc2)CC1)c1ccccc1. The van der Waals surface area contributed by atoms with E-state index in [-0.39, 0.29) is 16.7 Å². The summed E-state index contributed by atoms with van der Waals surface area (Å²) in [6, 6.07) is 14.6. The number of sulfonamides is 1. The second kappa shape index (κ2) is 10.1. The molecule has 30 heavy (non-hydrogen) atoms. The van der Waals surface area contributed by atoms with E-state index in [1.807, 2.05) is 37.3 Å².